The second-order valence-electron chi connectivity index (χ2n) is 6.31. The van der Waals surface area contributed by atoms with Crippen molar-refractivity contribution in [1.29, 1.82) is 0 Å². The van der Waals surface area contributed by atoms with Crippen LogP contribution in [-0.2, 0) is 24.2 Å². The summed E-state index contributed by atoms with van der Waals surface area (Å²) in [6.45, 7) is 4.21. The summed E-state index contributed by atoms with van der Waals surface area (Å²) < 4.78 is 2.12. The number of amides is 1. The number of fused-ring (bicyclic) bond motifs is 2. The first-order valence-corrected chi connectivity index (χ1v) is 8.44. The minimum absolute atomic E-state index is 0.219. The molecule has 4 rings (SSSR count). The molecule has 124 valence electrons. The lowest BCUT2D eigenvalue weighted by molar-refractivity contribution is -0.131. The Hall–Kier alpha value is -2.63. The summed E-state index contributed by atoms with van der Waals surface area (Å²) >= 11 is 0. The molecule has 3 heterocycles. The fourth-order valence-corrected chi connectivity index (χ4v) is 3.46. The lowest BCUT2D eigenvalue weighted by atomic mass is 10.1. The fraction of sp³-hybridized carbons (Fsp3) is 0.389. The minimum Gasteiger partial charge on any atom is -0.361 e. The molecule has 24 heavy (non-hydrogen) atoms. The average Bonchev–Trinajstić information content (AvgIpc) is 3.09. The summed E-state index contributed by atoms with van der Waals surface area (Å²) in [6, 6.07) is 8.22. The van der Waals surface area contributed by atoms with Crippen LogP contribution in [0.3, 0.4) is 0 Å². The van der Waals surface area contributed by atoms with Gasteiger partial charge in [0.15, 0.2) is 0 Å². The number of hydrogen-bond acceptors (Lipinski definition) is 3. The number of rotatable bonds is 3. The van der Waals surface area contributed by atoms with E-state index in [4.69, 9.17) is 0 Å². The molecule has 2 aromatic heterocycles. The molecule has 0 radical (unpaired) electrons. The molecule has 0 atom stereocenters. The molecular formula is C18H21N5O. The highest BCUT2D eigenvalue weighted by Gasteiger charge is 2.20. The number of carbonyl (C=O) groups excluding carboxylic acids is 1. The summed E-state index contributed by atoms with van der Waals surface area (Å²) in [5.41, 5.74) is 2.34. The highest BCUT2D eigenvalue weighted by atomic mass is 16.2. The minimum atomic E-state index is 0.219. The Labute approximate surface area is 140 Å². The zero-order valence-electron chi connectivity index (χ0n) is 13.8. The van der Waals surface area contributed by atoms with Gasteiger partial charge >= 0.3 is 0 Å². The van der Waals surface area contributed by atoms with E-state index >= 15 is 0 Å². The van der Waals surface area contributed by atoms with Crippen molar-refractivity contribution < 1.29 is 4.79 Å². The smallest absolute Gasteiger partial charge is 0.222 e. The fourth-order valence-electron chi connectivity index (χ4n) is 3.46. The van der Waals surface area contributed by atoms with E-state index in [1.54, 1.807) is 0 Å². The van der Waals surface area contributed by atoms with Crippen LogP contribution in [0.25, 0.3) is 10.9 Å². The SMILES string of the molecule is Cc1nnc2n1CCN(C(=O)CCc1c[nH]c3ccccc13)CC2. The normalized spacial score (nSPS) is 14.6. The van der Waals surface area contributed by atoms with Crippen LogP contribution in [0.5, 0.6) is 0 Å². The van der Waals surface area contributed by atoms with Crippen molar-refractivity contribution >= 4 is 16.8 Å². The van der Waals surface area contributed by atoms with Gasteiger partial charge < -0.3 is 14.5 Å². The zero-order valence-corrected chi connectivity index (χ0v) is 13.8. The zero-order chi connectivity index (χ0) is 16.5. The number of H-pyrrole nitrogens is 1. The number of nitrogens with one attached hydrogen (secondary N) is 1. The largest absolute Gasteiger partial charge is 0.361 e. The third-order valence-corrected chi connectivity index (χ3v) is 4.85. The van der Waals surface area contributed by atoms with E-state index in [9.17, 15) is 4.79 Å². The topological polar surface area (TPSA) is 66.8 Å². The Morgan fingerprint density at radius 1 is 1.21 bits per heavy atom. The molecule has 0 saturated heterocycles. The number of hydrogen-bond donors (Lipinski definition) is 1. The Morgan fingerprint density at radius 3 is 3.00 bits per heavy atom. The van der Waals surface area contributed by atoms with E-state index in [0.717, 1.165) is 49.6 Å². The number of nitrogens with zero attached hydrogens (tertiary/aromatic N) is 4. The van der Waals surface area contributed by atoms with Gasteiger partial charge in [-0.25, -0.2) is 0 Å². The molecule has 1 aliphatic rings. The molecule has 1 aliphatic heterocycles. The Kier molecular flexibility index (Phi) is 3.80. The molecule has 1 amide bonds. The lowest BCUT2D eigenvalue weighted by Gasteiger charge is -2.20. The van der Waals surface area contributed by atoms with Gasteiger partial charge in [-0.15, -0.1) is 10.2 Å². The van der Waals surface area contributed by atoms with Crippen molar-refractivity contribution in [2.45, 2.75) is 32.7 Å². The van der Waals surface area contributed by atoms with Gasteiger partial charge in [0, 0.05) is 49.6 Å². The van der Waals surface area contributed by atoms with Crippen LogP contribution in [0, 0.1) is 6.92 Å². The molecule has 0 saturated carbocycles. The van der Waals surface area contributed by atoms with Crippen LogP contribution in [-0.4, -0.2) is 43.6 Å². The van der Waals surface area contributed by atoms with E-state index in [1.165, 1.54) is 10.9 Å². The third kappa shape index (κ3) is 2.68. The first-order chi connectivity index (χ1) is 11.7. The Balaban J connectivity index is 1.40. The maximum absolute atomic E-state index is 12.6. The molecule has 3 aromatic rings. The predicted molar refractivity (Wildman–Crippen MR) is 91.7 cm³/mol. The summed E-state index contributed by atoms with van der Waals surface area (Å²) in [5, 5.41) is 9.53. The summed E-state index contributed by atoms with van der Waals surface area (Å²) in [7, 11) is 0. The lowest BCUT2D eigenvalue weighted by Crippen LogP contribution is -2.33. The number of aryl methyl sites for hydroxylation is 2. The van der Waals surface area contributed by atoms with Crippen LogP contribution in [0.4, 0.5) is 0 Å². The molecule has 1 N–H and O–H groups in total. The van der Waals surface area contributed by atoms with Crippen molar-refractivity contribution in [3.8, 4) is 0 Å². The highest BCUT2D eigenvalue weighted by Crippen LogP contribution is 2.19. The molecule has 0 unspecified atom stereocenters. The van der Waals surface area contributed by atoms with E-state index in [-0.39, 0.29) is 5.91 Å². The summed E-state index contributed by atoms with van der Waals surface area (Å²) in [4.78, 5) is 17.8. The van der Waals surface area contributed by atoms with Crippen molar-refractivity contribution in [1.82, 2.24) is 24.6 Å². The van der Waals surface area contributed by atoms with Gasteiger partial charge in [0.25, 0.3) is 0 Å². The first kappa shape index (κ1) is 14.9. The number of carbonyl (C=O) groups is 1. The van der Waals surface area contributed by atoms with Gasteiger partial charge in [-0.1, -0.05) is 18.2 Å². The summed E-state index contributed by atoms with van der Waals surface area (Å²) in [5.74, 6) is 2.13. The predicted octanol–water partition coefficient (Wildman–Crippen LogP) is 2.09. The Morgan fingerprint density at radius 2 is 2.08 bits per heavy atom. The van der Waals surface area contributed by atoms with Crippen molar-refractivity contribution in [3.63, 3.8) is 0 Å². The van der Waals surface area contributed by atoms with Crippen LogP contribution in [0.1, 0.15) is 23.6 Å². The second-order valence-corrected chi connectivity index (χ2v) is 6.31. The number of benzene rings is 1. The average molecular weight is 323 g/mol. The van der Waals surface area contributed by atoms with Gasteiger partial charge in [-0.3, -0.25) is 4.79 Å². The van der Waals surface area contributed by atoms with E-state index in [1.807, 2.05) is 30.2 Å². The van der Waals surface area contributed by atoms with Crippen molar-refractivity contribution in [2.75, 3.05) is 13.1 Å². The Bertz CT molecular complexity index is 879. The van der Waals surface area contributed by atoms with Crippen LogP contribution >= 0.6 is 0 Å². The monoisotopic (exact) mass is 323 g/mol. The van der Waals surface area contributed by atoms with E-state index < -0.39 is 0 Å². The molecule has 0 bridgehead atoms. The summed E-state index contributed by atoms with van der Waals surface area (Å²) in [6.07, 6.45) is 4.11. The van der Waals surface area contributed by atoms with Gasteiger partial charge in [0.2, 0.25) is 5.91 Å². The number of aromatic amines is 1. The van der Waals surface area contributed by atoms with Crippen molar-refractivity contribution in [2.24, 2.45) is 0 Å². The molecular weight excluding hydrogens is 302 g/mol. The number of aromatic nitrogens is 4. The van der Waals surface area contributed by atoms with E-state index in [0.29, 0.717) is 6.42 Å². The van der Waals surface area contributed by atoms with Gasteiger partial charge in [0.1, 0.15) is 11.6 Å². The number of para-hydroxylation sites is 1. The van der Waals surface area contributed by atoms with Gasteiger partial charge in [0.05, 0.1) is 0 Å². The molecule has 6 heteroatoms. The molecule has 0 aliphatic carbocycles. The van der Waals surface area contributed by atoms with Crippen molar-refractivity contribution in [3.05, 3.63) is 47.7 Å². The van der Waals surface area contributed by atoms with Crippen LogP contribution in [0.2, 0.25) is 0 Å². The standard InChI is InChI=1S/C18H21N5O/c1-13-20-21-17-8-9-22(10-11-23(13)17)18(24)7-6-14-12-19-16-5-3-2-4-15(14)16/h2-5,12,19H,6-11H2,1H3. The second kappa shape index (κ2) is 6.11. The van der Waals surface area contributed by atoms with Crippen LogP contribution in [0.15, 0.2) is 30.5 Å². The highest BCUT2D eigenvalue weighted by molar-refractivity contribution is 5.84. The molecule has 0 fully saturated rings. The molecule has 1 aromatic carbocycles. The van der Waals surface area contributed by atoms with E-state index in [2.05, 4.69) is 31.9 Å². The van der Waals surface area contributed by atoms with Gasteiger partial charge in [-0.05, 0) is 25.0 Å². The molecule has 0 spiro atoms. The van der Waals surface area contributed by atoms with Gasteiger partial charge in [-0.2, -0.15) is 0 Å². The maximum atomic E-state index is 12.6. The van der Waals surface area contributed by atoms with Crippen LogP contribution < -0.4 is 0 Å². The maximum Gasteiger partial charge on any atom is 0.222 e. The third-order valence-electron chi connectivity index (χ3n) is 4.85. The quantitative estimate of drug-likeness (QED) is 0.802. The molecule has 6 nitrogen and oxygen atoms in total. The first-order valence-electron chi connectivity index (χ1n) is 8.44.